The first-order valence-corrected chi connectivity index (χ1v) is 7.54. The summed E-state index contributed by atoms with van der Waals surface area (Å²) in [6.45, 7) is 0. The van der Waals surface area contributed by atoms with Crippen LogP contribution >= 0.6 is 15.9 Å². The molecule has 0 aliphatic rings. The fourth-order valence-electron chi connectivity index (χ4n) is 1.37. The van der Waals surface area contributed by atoms with Crippen LogP contribution in [0.15, 0.2) is 36.5 Å². The number of alkyl halides is 1. The van der Waals surface area contributed by atoms with Crippen LogP contribution in [0, 0.1) is 0 Å². The maximum Gasteiger partial charge on any atom is 0.242 e. The average molecular weight is 316 g/mol. The topological polar surface area (TPSA) is 74.8 Å². The molecule has 1 heterocycles. The van der Waals surface area contributed by atoms with Gasteiger partial charge in [0.2, 0.25) is 10.0 Å². The van der Waals surface area contributed by atoms with Crippen molar-refractivity contribution in [2.24, 2.45) is 0 Å². The molecule has 2 aromatic rings. The van der Waals surface area contributed by atoms with E-state index in [1.807, 2.05) is 12.1 Å². The fraction of sp³-hybridized carbons (Fsp3) is 0.100. The Balaban J connectivity index is 2.30. The Kier molecular flexibility index (Phi) is 3.49. The molecule has 0 unspecified atom stereocenters. The summed E-state index contributed by atoms with van der Waals surface area (Å²) in [6, 6.07) is 8.91. The van der Waals surface area contributed by atoms with Crippen molar-refractivity contribution in [1.82, 2.24) is 10.2 Å². The number of nitrogens with one attached hydrogen (secondary N) is 2. The number of hydrogen-bond donors (Lipinski definition) is 2. The maximum absolute atomic E-state index is 11.4. The average Bonchev–Trinajstić information content (AvgIpc) is 2.82. The van der Waals surface area contributed by atoms with Gasteiger partial charge in [0.15, 0.2) is 0 Å². The highest BCUT2D eigenvalue weighted by Gasteiger charge is 2.08. The second-order valence-electron chi connectivity index (χ2n) is 3.38. The number of sulfonamides is 1. The van der Waals surface area contributed by atoms with Crippen LogP contribution < -0.4 is 4.72 Å². The van der Waals surface area contributed by atoms with Gasteiger partial charge in [-0.05, 0) is 18.2 Å². The van der Waals surface area contributed by atoms with Crippen LogP contribution in [0.25, 0.3) is 11.3 Å². The van der Waals surface area contributed by atoms with E-state index in [0.29, 0.717) is 5.69 Å². The second-order valence-corrected chi connectivity index (χ2v) is 6.40. The lowest BCUT2D eigenvalue weighted by molar-refractivity contribution is 0.606. The minimum Gasteiger partial charge on any atom is -0.283 e. The molecule has 0 aliphatic heterocycles. The van der Waals surface area contributed by atoms with Crippen LogP contribution in [0.4, 0.5) is 5.69 Å². The minimum atomic E-state index is -3.32. The summed E-state index contributed by atoms with van der Waals surface area (Å²) < 4.78 is 25.1. The molecule has 0 spiro atoms. The number of halogens is 1. The van der Waals surface area contributed by atoms with Crippen molar-refractivity contribution in [2.75, 3.05) is 9.38 Å². The van der Waals surface area contributed by atoms with E-state index in [9.17, 15) is 8.42 Å². The summed E-state index contributed by atoms with van der Waals surface area (Å²) in [7, 11) is -3.32. The Morgan fingerprint density at radius 3 is 2.82 bits per heavy atom. The summed E-state index contributed by atoms with van der Waals surface area (Å²) in [5.74, 6) is 0. The van der Waals surface area contributed by atoms with Gasteiger partial charge in [-0.2, -0.15) is 5.10 Å². The minimum absolute atomic E-state index is 0.131. The van der Waals surface area contributed by atoms with E-state index >= 15 is 0 Å². The van der Waals surface area contributed by atoms with Crippen molar-refractivity contribution in [3.63, 3.8) is 0 Å². The lowest BCUT2D eigenvalue weighted by Crippen LogP contribution is -2.13. The van der Waals surface area contributed by atoms with E-state index in [2.05, 4.69) is 30.8 Å². The lowest BCUT2D eigenvalue weighted by Gasteiger charge is -2.06. The van der Waals surface area contributed by atoms with Crippen molar-refractivity contribution >= 4 is 31.6 Å². The summed E-state index contributed by atoms with van der Waals surface area (Å²) >= 11 is 2.92. The molecule has 7 heteroatoms. The van der Waals surface area contributed by atoms with E-state index in [-0.39, 0.29) is 4.66 Å². The van der Waals surface area contributed by atoms with Crippen LogP contribution in [-0.2, 0) is 10.0 Å². The van der Waals surface area contributed by atoms with E-state index in [0.717, 1.165) is 11.3 Å². The van der Waals surface area contributed by atoms with E-state index in [1.54, 1.807) is 24.4 Å². The predicted molar refractivity (Wildman–Crippen MR) is 70.4 cm³/mol. The smallest absolute Gasteiger partial charge is 0.242 e. The van der Waals surface area contributed by atoms with Gasteiger partial charge in [-0.1, -0.05) is 28.1 Å². The molecule has 0 saturated heterocycles. The molecule has 0 amide bonds. The quantitative estimate of drug-likeness (QED) is 0.849. The summed E-state index contributed by atoms with van der Waals surface area (Å²) in [6.07, 6.45) is 1.64. The van der Waals surface area contributed by atoms with Crippen LogP contribution in [0.1, 0.15) is 0 Å². The molecule has 1 aromatic heterocycles. The van der Waals surface area contributed by atoms with Gasteiger partial charge in [-0.15, -0.1) is 0 Å². The zero-order chi connectivity index (χ0) is 12.3. The van der Waals surface area contributed by atoms with Gasteiger partial charge in [0.25, 0.3) is 0 Å². The van der Waals surface area contributed by atoms with Gasteiger partial charge in [-0.3, -0.25) is 9.82 Å². The standard InChI is InChI=1S/C10H10BrN3O2S/c11-7-17(15,16)14-9-3-1-2-8(6-9)10-4-5-12-13-10/h1-6,14H,7H2,(H,12,13). The molecule has 17 heavy (non-hydrogen) atoms. The molecule has 0 atom stereocenters. The molecular weight excluding hydrogens is 306 g/mol. The number of benzene rings is 1. The summed E-state index contributed by atoms with van der Waals surface area (Å²) in [5, 5.41) is 6.67. The van der Waals surface area contributed by atoms with Crippen LogP contribution in [0.5, 0.6) is 0 Å². The fourth-order valence-corrected chi connectivity index (χ4v) is 2.26. The van der Waals surface area contributed by atoms with Gasteiger partial charge in [-0.25, -0.2) is 8.42 Å². The summed E-state index contributed by atoms with van der Waals surface area (Å²) in [5.41, 5.74) is 2.23. The maximum atomic E-state index is 11.4. The van der Waals surface area contributed by atoms with Gasteiger partial charge in [0, 0.05) is 17.4 Å². The number of anilines is 1. The highest BCUT2D eigenvalue weighted by atomic mass is 79.9. The van der Waals surface area contributed by atoms with Crippen molar-refractivity contribution in [2.45, 2.75) is 0 Å². The van der Waals surface area contributed by atoms with Crippen LogP contribution in [0.2, 0.25) is 0 Å². The van der Waals surface area contributed by atoms with Crippen LogP contribution in [0.3, 0.4) is 0 Å². The largest absolute Gasteiger partial charge is 0.283 e. The molecular formula is C10H10BrN3O2S. The molecule has 0 aliphatic carbocycles. The first-order valence-electron chi connectivity index (χ1n) is 4.77. The third kappa shape index (κ3) is 3.07. The van der Waals surface area contributed by atoms with E-state index < -0.39 is 10.0 Å². The Morgan fingerprint density at radius 1 is 1.35 bits per heavy atom. The molecule has 1 aromatic carbocycles. The summed E-state index contributed by atoms with van der Waals surface area (Å²) in [4.78, 5) is 0. The highest BCUT2D eigenvalue weighted by Crippen LogP contribution is 2.21. The number of aromatic amines is 1. The van der Waals surface area contributed by atoms with Crippen molar-refractivity contribution in [1.29, 1.82) is 0 Å². The number of hydrogen-bond acceptors (Lipinski definition) is 3. The van der Waals surface area contributed by atoms with Crippen molar-refractivity contribution < 1.29 is 8.42 Å². The number of nitrogens with zero attached hydrogens (tertiary/aromatic N) is 1. The zero-order valence-electron chi connectivity index (χ0n) is 8.72. The highest BCUT2D eigenvalue weighted by molar-refractivity contribution is 9.10. The van der Waals surface area contributed by atoms with Crippen molar-refractivity contribution in [3.05, 3.63) is 36.5 Å². The third-order valence-corrected chi connectivity index (χ3v) is 4.73. The monoisotopic (exact) mass is 315 g/mol. The Morgan fingerprint density at radius 2 is 2.18 bits per heavy atom. The van der Waals surface area contributed by atoms with E-state index in [4.69, 9.17) is 0 Å². The Labute approximate surface area is 107 Å². The Hall–Kier alpha value is -1.34. The first kappa shape index (κ1) is 12.1. The number of aromatic nitrogens is 2. The third-order valence-electron chi connectivity index (χ3n) is 2.09. The van der Waals surface area contributed by atoms with Gasteiger partial charge in [0.05, 0.1) is 5.69 Å². The lowest BCUT2D eigenvalue weighted by atomic mass is 10.1. The molecule has 2 rings (SSSR count). The predicted octanol–water partition coefficient (Wildman–Crippen LogP) is 2.17. The molecule has 90 valence electrons. The number of rotatable bonds is 4. The molecule has 5 nitrogen and oxygen atoms in total. The van der Waals surface area contributed by atoms with Crippen LogP contribution in [-0.4, -0.2) is 23.3 Å². The second kappa shape index (κ2) is 4.89. The molecule has 0 fully saturated rings. The van der Waals surface area contributed by atoms with Gasteiger partial charge >= 0.3 is 0 Å². The van der Waals surface area contributed by atoms with E-state index in [1.165, 1.54) is 0 Å². The molecule has 0 saturated carbocycles. The van der Waals surface area contributed by atoms with Gasteiger partial charge < -0.3 is 0 Å². The normalized spacial score (nSPS) is 11.4. The number of H-pyrrole nitrogens is 1. The zero-order valence-corrected chi connectivity index (χ0v) is 11.1. The van der Waals surface area contributed by atoms with Crippen molar-refractivity contribution in [3.8, 4) is 11.3 Å². The Bertz CT molecular complexity index is 596. The molecule has 0 bridgehead atoms. The van der Waals surface area contributed by atoms with Gasteiger partial charge in [0.1, 0.15) is 4.66 Å². The first-order chi connectivity index (χ1) is 8.11. The SMILES string of the molecule is O=S(=O)(CBr)Nc1cccc(-c2ccn[nH]2)c1. The molecule has 2 N–H and O–H groups in total. The molecule has 0 radical (unpaired) electrons.